The lowest BCUT2D eigenvalue weighted by atomic mass is 9.63. The van der Waals surface area contributed by atoms with Crippen molar-refractivity contribution in [1.82, 2.24) is 0 Å². The zero-order valence-electron chi connectivity index (χ0n) is 16.9. The van der Waals surface area contributed by atoms with E-state index in [0.717, 1.165) is 10.4 Å². The third-order valence-electron chi connectivity index (χ3n) is 6.16. The molecule has 3 heteroatoms. The Morgan fingerprint density at radius 1 is 0.786 bits per heavy atom. The minimum absolute atomic E-state index is 0.202. The van der Waals surface area contributed by atoms with Gasteiger partial charge in [-0.1, -0.05) is 52.0 Å². The normalized spacial score (nSPS) is 17.1. The van der Waals surface area contributed by atoms with Gasteiger partial charge < -0.3 is 5.11 Å². The highest BCUT2D eigenvalue weighted by Crippen LogP contribution is 2.47. The van der Waals surface area contributed by atoms with Gasteiger partial charge in [0.1, 0.15) is 0 Å². The molecule has 0 spiro atoms. The highest BCUT2D eigenvalue weighted by Gasteiger charge is 2.37. The molecule has 0 radical (unpaired) electrons. The largest absolute Gasteiger partial charge is 0.478 e. The molecule has 0 amide bonds. The molecule has 0 fully saturated rings. The van der Waals surface area contributed by atoms with Crippen LogP contribution in [0.4, 0.5) is 0 Å². The summed E-state index contributed by atoms with van der Waals surface area (Å²) in [7, 11) is 0. The van der Waals surface area contributed by atoms with Gasteiger partial charge in [-0.3, -0.25) is 0 Å². The lowest BCUT2D eigenvalue weighted by Gasteiger charge is -2.42. The first-order valence-electron chi connectivity index (χ1n) is 9.76. The minimum atomic E-state index is -0.891. The number of fused-ring (bicyclic) bond motifs is 1. The van der Waals surface area contributed by atoms with E-state index in [4.69, 9.17) is 5.11 Å². The van der Waals surface area contributed by atoms with E-state index in [1.165, 1.54) is 34.4 Å². The SMILES string of the molecule is CC1(C)CCC(C)(C)c2cc(-c3ccc(-c4ccc(C(=O)O)cc4)s3)ccc21. The molecule has 1 aliphatic rings. The number of benzene rings is 2. The number of thiophene rings is 1. The van der Waals surface area contributed by atoms with Crippen LogP contribution in [0.1, 0.15) is 62.0 Å². The summed E-state index contributed by atoms with van der Waals surface area (Å²) in [6.07, 6.45) is 2.43. The average Bonchev–Trinajstić information content (AvgIpc) is 3.15. The van der Waals surface area contributed by atoms with Crippen LogP contribution in [-0.4, -0.2) is 11.1 Å². The number of carboxylic acid groups (broad SMARTS) is 1. The molecule has 0 saturated carbocycles. The Morgan fingerprint density at radius 2 is 1.32 bits per heavy atom. The molecule has 0 bridgehead atoms. The topological polar surface area (TPSA) is 37.3 Å². The number of hydrogen-bond donors (Lipinski definition) is 1. The number of carboxylic acids is 1. The van der Waals surface area contributed by atoms with Crippen molar-refractivity contribution < 1.29 is 9.90 Å². The second kappa shape index (κ2) is 6.59. The first kappa shape index (κ1) is 18.9. The van der Waals surface area contributed by atoms with Crippen LogP contribution in [0.25, 0.3) is 20.9 Å². The van der Waals surface area contributed by atoms with Gasteiger partial charge in [0.2, 0.25) is 0 Å². The van der Waals surface area contributed by atoms with E-state index in [9.17, 15) is 4.79 Å². The highest BCUT2D eigenvalue weighted by molar-refractivity contribution is 7.18. The van der Waals surface area contributed by atoms with Crippen LogP contribution in [-0.2, 0) is 10.8 Å². The molecule has 144 valence electrons. The zero-order valence-corrected chi connectivity index (χ0v) is 17.7. The van der Waals surface area contributed by atoms with E-state index in [1.54, 1.807) is 23.5 Å². The standard InChI is InChI=1S/C25H26O2S/c1-24(2)13-14-25(3,4)20-15-18(9-10-19(20)24)22-12-11-21(28-22)16-5-7-17(8-6-16)23(26)27/h5-12,15H,13-14H2,1-4H3,(H,26,27). The Morgan fingerprint density at radius 3 is 1.93 bits per heavy atom. The number of carbonyl (C=O) groups is 1. The van der Waals surface area contributed by atoms with Crippen molar-refractivity contribution in [2.45, 2.75) is 51.4 Å². The molecule has 1 aliphatic carbocycles. The van der Waals surface area contributed by atoms with Crippen molar-refractivity contribution in [3.8, 4) is 20.9 Å². The van der Waals surface area contributed by atoms with Gasteiger partial charge >= 0.3 is 5.97 Å². The Bertz CT molecular complexity index is 1040. The summed E-state index contributed by atoms with van der Waals surface area (Å²) < 4.78 is 0. The van der Waals surface area contributed by atoms with Crippen molar-refractivity contribution in [2.24, 2.45) is 0 Å². The van der Waals surface area contributed by atoms with E-state index in [2.05, 4.69) is 58.0 Å². The van der Waals surface area contributed by atoms with Crippen molar-refractivity contribution >= 4 is 17.3 Å². The number of hydrogen-bond acceptors (Lipinski definition) is 2. The second-order valence-corrected chi connectivity index (χ2v) is 10.2. The lowest BCUT2D eigenvalue weighted by molar-refractivity contribution is 0.0697. The van der Waals surface area contributed by atoms with E-state index in [-0.39, 0.29) is 10.8 Å². The summed E-state index contributed by atoms with van der Waals surface area (Å²) in [4.78, 5) is 13.5. The van der Waals surface area contributed by atoms with Gasteiger partial charge in [0.15, 0.2) is 0 Å². The molecule has 0 unspecified atom stereocenters. The van der Waals surface area contributed by atoms with Crippen molar-refractivity contribution in [2.75, 3.05) is 0 Å². The summed E-state index contributed by atoms with van der Waals surface area (Å²) >= 11 is 1.76. The molecule has 0 aliphatic heterocycles. The maximum Gasteiger partial charge on any atom is 0.335 e. The Hall–Kier alpha value is -2.39. The van der Waals surface area contributed by atoms with Gasteiger partial charge in [0.05, 0.1) is 5.56 Å². The van der Waals surface area contributed by atoms with E-state index < -0.39 is 5.97 Å². The third-order valence-corrected chi connectivity index (χ3v) is 7.34. The maximum atomic E-state index is 11.1. The van der Waals surface area contributed by atoms with Gasteiger partial charge in [0.25, 0.3) is 0 Å². The first-order valence-corrected chi connectivity index (χ1v) is 10.6. The molecule has 1 heterocycles. The molecule has 2 nitrogen and oxygen atoms in total. The van der Waals surface area contributed by atoms with Gasteiger partial charge in [-0.05, 0) is 76.3 Å². The van der Waals surface area contributed by atoms with Crippen LogP contribution in [0.3, 0.4) is 0 Å². The molecule has 4 rings (SSSR count). The van der Waals surface area contributed by atoms with Crippen LogP contribution >= 0.6 is 11.3 Å². The minimum Gasteiger partial charge on any atom is -0.478 e. The number of aromatic carboxylic acids is 1. The zero-order chi connectivity index (χ0) is 20.1. The fraction of sp³-hybridized carbons (Fsp3) is 0.320. The van der Waals surface area contributed by atoms with Crippen LogP contribution in [0.15, 0.2) is 54.6 Å². The lowest BCUT2D eigenvalue weighted by Crippen LogP contribution is -2.33. The smallest absolute Gasteiger partial charge is 0.335 e. The predicted octanol–water partition coefficient (Wildman–Crippen LogP) is 7.13. The summed E-state index contributed by atoms with van der Waals surface area (Å²) in [6.45, 7) is 9.42. The summed E-state index contributed by atoms with van der Waals surface area (Å²) in [5.74, 6) is -0.891. The summed E-state index contributed by atoms with van der Waals surface area (Å²) in [6, 6.07) is 18.4. The molecule has 0 atom stereocenters. The average molecular weight is 391 g/mol. The molecular formula is C25H26O2S. The molecule has 1 aromatic heterocycles. The van der Waals surface area contributed by atoms with Gasteiger partial charge in [-0.2, -0.15) is 0 Å². The predicted molar refractivity (Wildman–Crippen MR) is 117 cm³/mol. The Kier molecular flexibility index (Phi) is 4.46. The van der Waals surface area contributed by atoms with E-state index >= 15 is 0 Å². The van der Waals surface area contributed by atoms with Gasteiger partial charge in [0, 0.05) is 9.75 Å². The fourth-order valence-electron chi connectivity index (χ4n) is 4.17. The van der Waals surface area contributed by atoms with Gasteiger partial charge in [-0.25, -0.2) is 4.79 Å². The monoisotopic (exact) mass is 390 g/mol. The maximum absolute atomic E-state index is 11.1. The van der Waals surface area contributed by atoms with Gasteiger partial charge in [-0.15, -0.1) is 11.3 Å². The molecule has 3 aromatic rings. The van der Waals surface area contributed by atoms with Crippen LogP contribution < -0.4 is 0 Å². The Labute approximate surface area is 170 Å². The second-order valence-electron chi connectivity index (χ2n) is 9.07. The molecule has 28 heavy (non-hydrogen) atoms. The number of rotatable bonds is 3. The Balaban J connectivity index is 1.71. The van der Waals surface area contributed by atoms with E-state index in [0.29, 0.717) is 5.56 Å². The summed E-state index contributed by atoms with van der Waals surface area (Å²) in [5, 5.41) is 9.08. The van der Waals surface area contributed by atoms with Crippen LogP contribution in [0, 0.1) is 0 Å². The molecule has 2 aromatic carbocycles. The van der Waals surface area contributed by atoms with Crippen LogP contribution in [0.2, 0.25) is 0 Å². The quantitative estimate of drug-likeness (QED) is 0.516. The molecular weight excluding hydrogens is 364 g/mol. The summed E-state index contributed by atoms with van der Waals surface area (Å²) in [5.41, 5.74) is 6.03. The van der Waals surface area contributed by atoms with E-state index in [1.807, 2.05) is 12.1 Å². The first-order chi connectivity index (χ1) is 13.2. The van der Waals surface area contributed by atoms with Crippen molar-refractivity contribution in [3.63, 3.8) is 0 Å². The van der Waals surface area contributed by atoms with Crippen molar-refractivity contribution in [1.29, 1.82) is 0 Å². The van der Waals surface area contributed by atoms with Crippen LogP contribution in [0.5, 0.6) is 0 Å². The third kappa shape index (κ3) is 3.29. The highest BCUT2D eigenvalue weighted by atomic mass is 32.1. The molecule has 0 saturated heterocycles. The fourth-order valence-corrected chi connectivity index (χ4v) is 5.18. The van der Waals surface area contributed by atoms with Crippen molar-refractivity contribution in [3.05, 3.63) is 71.3 Å². The molecule has 1 N–H and O–H groups in total.